The van der Waals surface area contributed by atoms with E-state index in [0.717, 1.165) is 39.4 Å². The lowest BCUT2D eigenvalue weighted by atomic mass is 10.1. The van der Waals surface area contributed by atoms with E-state index < -0.39 is 15.7 Å². The van der Waals surface area contributed by atoms with Gasteiger partial charge in [0.25, 0.3) is 5.91 Å². The van der Waals surface area contributed by atoms with E-state index in [4.69, 9.17) is 5.41 Å². The summed E-state index contributed by atoms with van der Waals surface area (Å²) in [6.07, 6.45) is 1.62. The van der Waals surface area contributed by atoms with Crippen molar-refractivity contribution in [3.8, 4) is 5.69 Å². The molecule has 4 rings (SSSR count). The van der Waals surface area contributed by atoms with E-state index in [0.29, 0.717) is 0 Å². The topological polar surface area (TPSA) is 108 Å². The number of amides is 1. The highest BCUT2D eigenvalue weighted by Gasteiger charge is 2.39. The molecule has 0 saturated carbocycles. The molecule has 1 aromatic carbocycles. The number of amidine groups is 2. The Morgan fingerprint density at radius 1 is 1.19 bits per heavy atom. The number of sulfone groups is 1. The lowest BCUT2D eigenvalue weighted by molar-refractivity contribution is -0.114. The van der Waals surface area contributed by atoms with Crippen LogP contribution in [0.15, 0.2) is 52.1 Å². The van der Waals surface area contributed by atoms with Crippen molar-refractivity contribution in [3.63, 3.8) is 0 Å². The van der Waals surface area contributed by atoms with Gasteiger partial charge in [0, 0.05) is 17.1 Å². The SMILES string of the molecule is Cc1cc(/C=C2/C(=N)N3N=C(S(=O)(=O)CC(C)C)SC3=NC2=O)c(C)n1-c1ccccc1. The highest BCUT2D eigenvalue weighted by molar-refractivity contribution is 8.42. The molecule has 2 aromatic rings. The van der Waals surface area contributed by atoms with Crippen LogP contribution in [0.5, 0.6) is 0 Å². The van der Waals surface area contributed by atoms with Crippen molar-refractivity contribution in [2.75, 3.05) is 5.75 Å². The predicted molar refractivity (Wildman–Crippen MR) is 129 cm³/mol. The largest absolute Gasteiger partial charge is 0.318 e. The van der Waals surface area contributed by atoms with Crippen molar-refractivity contribution in [1.82, 2.24) is 9.58 Å². The first-order chi connectivity index (χ1) is 15.1. The second kappa shape index (κ2) is 8.18. The van der Waals surface area contributed by atoms with Gasteiger partial charge in [-0.25, -0.2) is 8.42 Å². The standard InChI is InChI=1S/C22H23N5O3S2/c1-13(2)12-32(29,30)22-25-27-19(23)18(20(28)24-21(27)31-22)11-16-10-14(3)26(15(16)4)17-8-6-5-7-9-17/h5-11,13,23H,12H2,1-4H3/b18-11-,23-19?. The highest BCUT2D eigenvalue weighted by atomic mass is 32.3. The quantitative estimate of drug-likeness (QED) is 0.686. The molecule has 1 amide bonds. The Bertz CT molecular complexity index is 1320. The number of nitrogens with one attached hydrogen (secondary N) is 1. The van der Waals surface area contributed by atoms with E-state index in [2.05, 4.69) is 14.7 Å². The second-order valence-electron chi connectivity index (χ2n) is 8.06. The molecule has 166 valence electrons. The minimum absolute atomic E-state index is 0.0601. The van der Waals surface area contributed by atoms with Gasteiger partial charge >= 0.3 is 0 Å². The van der Waals surface area contributed by atoms with E-state index in [-0.39, 0.29) is 32.6 Å². The molecule has 3 heterocycles. The molecule has 10 heteroatoms. The average Bonchev–Trinajstić information content (AvgIpc) is 3.26. The Labute approximate surface area is 191 Å². The highest BCUT2D eigenvalue weighted by Crippen LogP contribution is 2.32. The molecule has 0 aliphatic carbocycles. The van der Waals surface area contributed by atoms with E-state index in [9.17, 15) is 13.2 Å². The molecule has 2 aliphatic rings. The molecule has 0 atom stereocenters. The van der Waals surface area contributed by atoms with Gasteiger partial charge in [0.1, 0.15) is 0 Å². The summed E-state index contributed by atoms with van der Waals surface area (Å²) < 4.78 is 27.1. The third-order valence-corrected chi connectivity index (χ3v) is 8.47. The van der Waals surface area contributed by atoms with Crippen molar-refractivity contribution in [3.05, 3.63) is 58.9 Å². The smallest absolute Gasteiger partial charge is 0.283 e. The lowest BCUT2D eigenvalue weighted by Crippen LogP contribution is -2.35. The van der Waals surface area contributed by atoms with Gasteiger partial charge in [0.15, 0.2) is 5.84 Å². The number of carbonyl (C=O) groups excluding carboxylic acids is 1. The number of hydrogen-bond donors (Lipinski definition) is 1. The van der Waals surface area contributed by atoms with Gasteiger partial charge in [-0.15, -0.1) is 5.10 Å². The molecule has 8 nitrogen and oxygen atoms in total. The van der Waals surface area contributed by atoms with Gasteiger partial charge in [0.2, 0.25) is 19.4 Å². The number of aryl methyl sites for hydroxylation is 1. The van der Waals surface area contributed by atoms with Crippen molar-refractivity contribution < 1.29 is 13.2 Å². The maximum absolute atomic E-state index is 12.7. The average molecular weight is 470 g/mol. The number of thioether (sulfide) groups is 1. The Morgan fingerprint density at radius 3 is 2.53 bits per heavy atom. The summed E-state index contributed by atoms with van der Waals surface area (Å²) in [5.41, 5.74) is 3.74. The van der Waals surface area contributed by atoms with Gasteiger partial charge < -0.3 is 4.57 Å². The maximum Gasteiger partial charge on any atom is 0.283 e. The van der Waals surface area contributed by atoms with E-state index in [1.165, 1.54) is 0 Å². The summed E-state index contributed by atoms with van der Waals surface area (Å²) in [7, 11) is -3.61. The van der Waals surface area contributed by atoms with Crippen LogP contribution in [-0.2, 0) is 14.6 Å². The molecule has 0 bridgehead atoms. The van der Waals surface area contributed by atoms with Crippen LogP contribution in [0.3, 0.4) is 0 Å². The molecule has 0 spiro atoms. The number of hydrazone groups is 1. The molecule has 2 aliphatic heterocycles. The summed E-state index contributed by atoms with van der Waals surface area (Å²) in [5, 5.41) is 13.8. The van der Waals surface area contributed by atoms with Crippen LogP contribution in [-0.4, -0.2) is 45.0 Å². The molecule has 0 unspecified atom stereocenters. The number of fused-ring (bicyclic) bond motifs is 1. The Balaban J connectivity index is 1.71. The van der Waals surface area contributed by atoms with Crippen molar-refractivity contribution in [2.24, 2.45) is 16.0 Å². The van der Waals surface area contributed by atoms with Crippen LogP contribution >= 0.6 is 11.8 Å². The summed E-state index contributed by atoms with van der Waals surface area (Å²) in [6, 6.07) is 11.8. The summed E-state index contributed by atoms with van der Waals surface area (Å²) >= 11 is 0.811. The van der Waals surface area contributed by atoms with Crippen molar-refractivity contribution in [2.45, 2.75) is 27.7 Å². The van der Waals surface area contributed by atoms with Crippen LogP contribution in [0.1, 0.15) is 30.8 Å². The number of benzene rings is 1. The Hall–Kier alpha value is -2.98. The Kier molecular flexibility index (Phi) is 5.68. The zero-order valence-corrected chi connectivity index (χ0v) is 19.8. The zero-order chi connectivity index (χ0) is 23.2. The molecule has 1 N–H and O–H groups in total. The molecule has 0 radical (unpaired) electrons. The first-order valence-electron chi connectivity index (χ1n) is 10.1. The molecular formula is C22H23N5O3S2. The van der Waals surface area contributed by atoms with Gasteiger partial charge in [-0.2, -0.15) is 10.0 Å². The molecule has 0 saturated heterocycles. The van der Waals surface area contributed by atoms with Crippen LogP contribution < -0.4 is 0 Å². The molecular weight excluding hydrogens is 446 g/mol. The predicted octanol–water partition coefficient (Wildman–Crippen LogP) is 3.74. The summed E-state index contributed by atoms with van der Waals surface area (Å²) in [6.45, 7) is 7.53. The second-order valence-corrected chi connectivity index (χ2v) is 11.2. The fourth-order valence-corrected chi connectivity index (χ4v) is 6.46. The minimum atomic E-state index is -3.61. The van der Waals surface area contributed by atoms with Crippen LogP contribution in [0.2, 0.25) is 0 Å². The van der Waals surface area contributed by atoms with E-state index >= 15 is 0 Å². The van der Waals surface area contributed by atoms with Gasteiger partial charge in [-0.3, -0.25) is 10.2 Å². The first kappa shape index (κ1) is 22.2. The monoisotopic (exact) mass is 469 g/mol. The summed E-state index contributed by atoms with van der Waals surface area (Å²) in [5.74, 6) is -0.905. The number of para-hydroxylation sites is 1. The number of nitrogens with zero attached hydrogens (tertiary/aromatic N) is 4. The van der Waals surface area contributed by atoms with E-state index in [1.807, 2.05) is 50.2 Å². The van der Waals surface area contributed by atoms with Crippen molar-refractivity contribution >= 4 is 49.0 Å². The van der Waals surface area contributed by atoms with Crippen molar-refractivity contribution in [1.29, 1.82) is 5.41 Å². The maximum atomic E-state index is 12.7. The third kappa shape index (κ3) is 3.95. The normalized spacial score (nSPS) is 17.8. The van der Waals surface area contributed by atoms with Crippen LogP contribution in [0.4, 0.5) is 0 Å². The fourth-order valence-electron chi connectivity index (χ4n) is 3.67. The number of aromatic nitrogens is 1. The molecule has 32 heavy (non-hydrogen) atoms. The third-order valence-electron chi connectivity index (χ3n) is 5.04. The number of rotatable bonds is 4. The summed E-state index contributed by atoms with van der Waals surface area (Å²) in [4.78, 5) is 16.7. The molecule has 0 fully saturated rings. The van der Waals surface area contributed by atoms with Crippen LogP contribution in [0.25, 0.3) is 11.8 Å². The fraction of sp³-hybridized carbons (Fsp3) is 0.273. The van der Waals surface area contributed by atoms with Gasteiger partial charge in [0.05, 0.1) is 11.3 Å². The number of carbonyl (C=O) groups is 1. The van der Waals surface area contributed by atoms with Gasteiger partial charge in [-0.1, -0.05) is 32.0 Å². The number of hydrogen-bond acceptors (Lipinski definition) is 6. The number of aliphatic imine (C=N–C) groups is 1. The minimum Gasteiger partial charge on any atom is -0.318 e. The first-order valence-corrected chi connectivity index (χ1v) is 12.5. The Morgan fingerprint density at radius 2 is 1.88 bits per heavy atom. The van der Waals surface area contributed by atoms with Crippen LogP contribution in [0, 0.1) is 25.2 Å². The zero-order valence-electron chi connectivity index (χ0n) is 18.2. The molecule has 1 aromatic heterocycles. The van der Waals surface area contributed by atoms with E-state index in [1.54, 1.807) is 19.9 Å². The lowest BCUT2D eigenvalue weighted by Gasteiger charge is -2.20. The van der Waals surface area contributed by atoms with Gasteiger partial charge in [-0.05, 0) is 61.4 Å².